The molecule has 1 aromatic heterocycles. The summed E-state index contributed by atoms with van der Waals surface area (Å²) in [4.78, 5) is 7.60. The van der Waals surface area contributed by atoms with Gasteiger partial charge in [-0.15, -0.1) is 0 Å². The summed E-state index contributed by atoms with van der Waals surface area (Å²) in [6.45, 7) is 27.7. The second kappa shape index (κ2) is 16.5. The second-order valence-electron chi connectivity index (χ2n) is 24.7. The molecule has 12 rings (SSSR count). The zero-order chi connectivity index (χ0) is 50.9. The number of furan rings is 1. The van der Waals surface area contributed by atoms with Gasteiger partial charge in [0.05, 0.1) is 17.1 Å². The SMILES string of the molecule is CC(C)(C)c1ccc(N2c3ccc(C(C)(C)C)cc3B3c4cc(C(C)(C)C)ccc4N(c4cccc5ccccc45)c4cc(N(c5ccc(C(C)(C)C)cc5)c5cccc6c5oc5ccccc56)cc2c43)cc1. The molecule has 0 saturated heterocycles. The molecule has 3 heterocycles. The van der Waals surface area contributed by atoms with Crippen LogP contribution in [0.15, 0.2) is 186 Å². The topological polar surface area (TPSA) is 22.9 Å². The van der Waals surface area contributed by atoms with Crippen LogP contribution in [0.4, 0.5) is 51.2 Å². The Balaban J connectivity index is 1.24. The number of nitrogens with zero attached hydrogens (tertiary/aromatic N) is 3. The smallest absolute Gasteiger partial charge is 0.252 e. The number of benzene rings is 9. The van der Waals surface area contributed by atoms with E-state index in [1.54, 1.807) is 0 Å². The quantitative estimate of drug-likeness (QED) is 0.160. The van der Waals surface area contributed by atoms with Gasteiger partial charge in [0.25, 0.3) is 6.71 Å². The van der Waals surface area contributed by atoms with Gasteiger partial charge in [0.15, 0.2) is 5.58 Å². The average molecular weight is 952 g/mol. The maximum Gasteiger partial charge on any atom is 0.252 e. The van der Waals surface area contributed by atoms with Crippen molar-refractivity contribution >= 4 is 107 Å². The Morgan fingerprint density at radius 2 is 0.877 bits per heavy atom. The minimum absolute atomic E-state index is 0.00172. The minimum Gasteiger partial charge on any atom is -0.454 e. The first-order valence-electron chi connectivity index (χ1n) is 26.2. The molecule has 0 saturated carbocycles. The Kier molecular flexibility index (Phi) is 10.5. The van der Waals surface area contributed by atoms with Crippen LogP contribution in [0.5, 0.6) is 0 Å². The number of anilines is 9. The van der Waals surface area contributed by atoms with E-state index in [2.05, 4.69) is 280 Å². The summed E-state index contributed by atoms with van der Waals surface area (Å²) in [5, 5.41) is 4.61. The van der Waals surface area contributed by atoms with E-state index in [1.807, 2.05) is 0 Å². The van der Waals surface area contributed by atoms with Crippen LogP contribution < -0.4 is 31.1 Å². The lowest BCUT2D eigenvalue weighted by molar-refractivity contribution is 0.590. The average Bonchev–Trinajstić information content (AvgIpc) is 3.75. The molecule has 2 aliphatic heterocycles. The molecule has 0 N–H and O–H groups in total. The summed E-state index contributed by atoms with van der Waals surface area (Å²) in [6.07, 6.45) is 0. The maximum atomic E-state index is 6.96. The molecule has 0 spiro atoms. The van der Waals surface area contributed by atoms with Crippen LogP contribution in [0.1, 0.15) is 105 Å². The minimum atomic E-state index is -0.0709. The van der Waals surface area contributed by atoms with Gasteiger partial charge in [0, 0.05) is 50.3 Å². The molecule has 9 aromatic carbocycles. The molecule has 0 bridgehead atoms. The van der Waals surface area contributed by atoms with Crippen molar-refractivity contribution in [2.45, 2.75) is 105 Å². The van der Waals surface area contributed by atoms with Crippen LogP contribution in [0.3, 0.4) is 0 Å². The fraction of sp³-hybridized carbons (Fsp3) is 0.235. The van der Waals surface area contributed by atoms with E-state index in [1.165, 1.54) is 60.8 Å². The maximum absolute atomic E-state index is 6.96. The van der Waals surface area contributed by atoms with E-state index in [0.717, 1.165) is 61.8 Å². The van der Waals surface area contributed by atoms with Crippen molar-refractivity contribution in [3.05, 3.63) is 204 Å². The number of hydrogen-bond acceptors (Lipinski definition) is 4. The van der Waals surface area contributed by atoms with Crippen LogP contribution in [0.25, 0.3) is 32.7 Å². The fourth-order valence-corrected chi connectivity index (χ4v) is 11.6. The molecule has 4 nitrogen and oxygen atoms in total. The van der Waals surface area contributed by atoms with E-state index < -0.39 is 0 Å². The molecule has 0 unspecified atom stereocenters. The zero-order valence-corrected chi connectivity index (χ0v) is 44.6. The first-order valence-corrected chi connectivity index (χ1v) is 26.2. The predicted octanol–water partition coefficient (Wildman–Crippen LogP) is 17.5. The van der Waals surface area contributed by atoms with Gasteiger partial charge in [-0.05, 0) is 132 Å². The molecular weight excluding hydrogens is 886 g/mol. The van der Waals surface area contributed by atoms with Crippen LogP contribution in [-0.4, -0.2) is 6.71 Å². The Morgan fingerprint density at radius 1 is 0.384 bits per heavy atom. The summed E-state index contributed by atoms with van der Waals surface area (Å²) < 4.78 is 6.96. The molecule has 5 heteroatoms. The molecule has 0 radical (unpaired) electrons. The summed E-state index contributed by atoms with van der Waals surface area (Å²) in [5.41, 5.74) is 20.8. The number of hydrogen-bond donors (Lipinski definition) is 0. The molecule has 0 atom stereocenters. The van der Waals surface area contributed by atoms with Crippen molar-refractivity contribution in [2.24, 2.45) is 0 Å². The predicted molar refractivity (Wildman–Crippen MR) is 315 cm³/mol. The lowest BCUT2D eigenvalue weighted by Crippen LogP contribution is -2.61. The van der Waals surface area contributed by atoms with Gasteiger partial charge in [0.1, 0.15) is 5.58 Å². The van der Waals surface area contributed by atoms with Gasteiger partial charge in [-0.25, -0.2) is 0 Å². The Bertz CT molecular complexity index is 3790. The van der Waals surface area contributed by atoms with E-state index in [-0.39, 0.29) is 28.4 Å². The number of fused-ring (bicyclic) bond motifs is 8. The molecule has 2 aliphatic rings. The monoisotopic (exact) mass is 952 g/mol. The Morgan fingerprint density at radius 3 is 1.49 bits per heavy atom. The van der Waals surface area contributed by atoms with Gasteiger partial charge in [-0.3, -0.25) is 0 Å². The van der Waals surface area contributed by atoms with Crippen molar-refractivity contribution in [3.8, 4) is 0 Å². The number of rotatable bonds is 5. The van der Waals surface area contributed by atoms with Crippen molar-refractivity contribution in [1.82, 2.24) is 0 Å². The largest absolute Gasteiger partial charge is 0.454 e. The lowest BCUT2D eigenvalue weighted by Gasteiger charge is -2.46. The Labute approximate surface area is 433 Å². The fourth-order valence-electron chi connectivity index (χ4n) is 11.6. The van der Waals surface area contributed by atoms with Gasteiger partial charge in [-0.1, -0.05) is 198 Å². The lowest BCUT2D eigenvalue weighted by atomic mass is 9.33. The molecule has 0 amide bonds. The molecule has 0 aliphatic carbocycles. The third-order valence-corrected chi connectivity index (χ3v) is 15.7. The molecular formula is C68H66BN3O. The normalized spacial score (nSPS) is 13.7. The van der Waals surface area contributed by atoms with E-state index in [9.17, 15) is 0 Å². The summed E-state index contributed by atoms with van der Waals surface area (Å²) in [6, 6.07) is 68.8. The second-order valence-corrected chi connectivity index (χ2v) is 24.7. The van der Waals surface area contributed by atoms with Gasteiger partial charge in [-0.2, -0.15) is 0 Å². The first-order chi connectivity index (χ1) is 34.7. The Hall–Kier alpha value is -7.50. The molecule has 10 aromatic rings. The van der Waals surface area contributed by atoms with Gasteiger partial charge < -0.3 is 19.1 Å². The highest BCUT2D eigenvalue weighted by Crippen LogP contribution is 2.51. The summed E-state index contributed by atoms with van der Waals surface area (Å²) in [5.74, 6) is 0. The van der Waals surface area contributed by atoms with Crippen LogP contribution in [0, 0.1) is 0 Å². The standard InChI is InChI=1S/C68H66BN3O/c1-65(2,3)44-27-33-48(34-28-44)70(59-25-18-23-53-52-22-15-16-26-62(52)73-64(53)59)50-41-60-63-61(42-50)72(56-24-17-20-43-19-13-14-21-51(43)56)58-38-32-47(68(10,11)12)40-55(58)69(63)54-39-46(67(7,8)9)31-37-57(54)71(60)49-35-29-45(30-36-49)66(4,5)6/h13-42H,1-12H3. The number of para-hydroxylation sites is 2. The third kappa shape index (κ3) is 7.73. The highest BCUT2D eigenvalue weighted by molar-refractivity contribution is 7.00. The van der Waals surface area contributed by atoms with E-state index in [0.29, 0.717) is 0 Å². The van der Waals surface area contributed by atoms with Crippen LogP contribution >= 0.6 is 0 Å². The highest BCUT2D eigenvalue weighted by atomic mass is 16.3. The van der Waals surface area contributed by atoms with Gasteiger partial charge >= 0.3 is 0 Å². The van der Waals surface area contributed by atoms with Crippen molar-refractivity contribution in [2.75, 3.05) is 14.7 Å². The van der Waals surface area contributed by atoms with Crippen molar-refractivity contribution in [1.29, 1.82) is 0 Å². The van der Waals surface area contributed by atoms with Crippen molar-refractivity contribution < 1.29 is 4.42 Å². The van der Waals surface area contributed by atoms with E-state index >= 15 is 0 Å². The van der Waals surface area contributed by atoms with Crippen molar-refractivity contribution in [3.63, 3.8) is 0 Å². The zero-order valence-electron chi connectivity index (χ0n) is 44.6. The first kappa shape index (κ1) is 46.6. The van der Waals surface area contributed by atoms with E-state index in [4.69, 9.17) is 4.42 Å². The van der Waals surface area contributed by atoms with Crippen LogP contribution in [0.2, 0.25) is 0 Å². The molecule has 73 heavy (non-hydrogen) atoms. The summed E-state index contributed by atoms with van der Waals surface area (Å²) in [7, 11) is 0. The molecule has 0 fully saturated rings. The highest BCUT2D eigenvalue weighted by Gasteiger charge is 2.45. The van der Waals surface area contributed by atoms with Gasteiger partial charge in [0.2, 0.25) is 0 Å². The molecule has 362 valence electrons. The van der Waals surface area contributed by atoms with Crippen LogP contribution in [-0.2, 0) is 21.7 Å². The third-order valence-electron chi connectivity index (χ3n) is 15.7. The summed E-state index contributed by atoms with van der Waals surface area (Å²) >= 11 is 0.